The number of rotatable bonds is 5. The number of hydrogen-bond donors (Lipinski definition) is 1. The summed E-state index contributed by atoms with van der Waals surface area (Å²) < 4.78 is 28.0. The second-order valence-corrected chi connectivity index (χ2v) is 13.1. The Morgan fingerprint density at radius 2 is 1.58 bits per heavy atom. The van der Waals surface area contributed by atoms with Crippen molar-refractivity contribution in [3.05, 3.63) is 77.3 Å². The SMILES string of the molecule is O=c1c2cccc(NCC34CC5CC(CC(C5)C3)C4)c2ccn1S(=O)(=O)c1cccc2cccnc12. The maximum atomic E-state index is 13.6. The molecule has 2 heterocycles. The molecule has 184 valence electrons. The third-order valence-corrected chi connectivity index (χ3v) is 10.6. The first-order valence-corrected chi connectivity index (χ1v) is 14.3. The Kier molecular flexibility index (Phi) is 4.84. The molecule has 4 aliphatic rings. The van der Waals surface area contributed by atoms with Crippen LogP contribution in [0.5, 0.6) is 0 Å². The minimum atomic E-state index is -4.12. The topological polar surface area (TPSA) is 81.1 Å². The van der Waals surface area contributed by atoms with Gasteiger partial charge >= 0.3 is 0 Å². The average Bonchev–Trinajstić information content (AvgIpc) is 2.86. The first kappa shape index (κ1) is 22.0. The summed E-state index contributed by atoms with van der Waals surface area (Å²) in [6.07, 6.45) is 11.1. The van der Waals surface area contributed by atoms with Gasteiger partial charge in [0, 0.05) is 35.4 Å². The molecule has 2 aromatic heterocycles. The lowest BCUT2D eigenvalue weighted by atomic mass is 9.49. The Hall–Kier alpha value is -3.19. The quantitative estimate of drug-likeness (QED) is 0.397. The van der Waals surface area contributed by atoms with Crippen molar-refractivity contribution < 1.29 is 8.42 Å². The van der Waals surface area contributed by atoms with Gasteiger partial charge in [-0.1, -0.05) is 24.3 Å². The van der Waals surface area contributed by atoms with Crippen molar-refractivity contribution in [2.75, 3.05) is 11.9 Å². The van der Waals surface area contributed by atoms with Crippen LogP contribution in [0, 0.1) is 23.2 Å². The van der Waals surface area contributed by atoms with E-state index in [4.69, 9.17) is 0 Å². The zero-order valence-electron chi connectivity index (χ0n) is 20.1. The molecule has 7 heteroatoms. The van der Waals surface area contributed by atoms with Gasteiger partial charge in [0.15, 0.2) is 0 Å². The van der Waals surface area contributed by atoms with Crippen LogP contribution < -0.4 is 10.9 Å². The molecule has 0 aliphatic heterocycles. The number of hydrogen-bond acceptors (Lipinski definition) is 5. The minimum Gasteiger partial charge on any atom is -0.384 e. The van der Waals surface area contributed by atoms with Crippen molar-refractivity contribution >= 4 is 37.4 Å². The molecule has 0 atom stereocenters. The molecule has 8 rings (SSSR count). The predicted molar refractivity (Wildman–Crippen MR) is 142 cm³/mol. The van der Waals surface area contributed by atoms with Gasteiger partial charge in [0.05, 0.1) is 10.9 Å². The number of benzene rings is 2. The summed E-state index contributed by atoms with van der Waals surface area (Å²) in [5.74, 6) is 2.64. The predicted octanol–water partition coefficient (Wildman–Crippen LogP) is 5.42. The Labute approximate surface area is 210 Å². The van der Waals surface area contributed by atoms with Gasteiger partial charge in [-0.25, -0.2) is 12.4 Å². The van der Waals surface area contributed by atoms with Crippen molar-refractivity contribution in [3.63, 3.8) is 0 Å². The van der Waals surface area contributed by atoms with Gasteiger partial charge in [-0.3, -0.25) is 9.78 Å². The highest BCUT2D eigenvalue weighted by atomic mass is 32.2. The fraction of sp³-hybridized carbons (Fsp3) is 0.379. The van der Waals surface area contributed by atoms with E-state index in [9.17, 15) is 13.2 Å². The Morgan fingerprint density at radius 3 is 2.33 bits per heavy atom. The van der Waals surface area contributed by atoms with E-state index in [1.807, 2.05) is 24.3 Å². The monoisotopic (exact) mass is 499 g/mol. The molecule has 4 saturated carbocycles. The first-order chi connectivity index (χ1) is 17.4. The van der Waals surface area contributed by atoms with Crippen molar-refractivity contribution in [2.45, 2.75) is 43.4 Å². The van der Waals surface area contributed by atoms with Crippen LogP contribution in [0.15, 0.2) is 76.7 Å². The van der Waals surface area contributed by atoms with E-state index in [2.05, 4.69) is 10.3 Å². The summed E-state index contributed by atoms with van der Waals surface area (Å²) in [6.45, 7) is 0.915. The molecule has 1 N–H and O–H groups in total. The highest BCUT2D eigenvalue weighted by molar-refractivity contribution is 7.90. The average molecular weight is 500 g/mol. The molecule has 4 aliphatic carbocycles. The number of para-hydroxylation sites is 1. The molecule has 36 heavy (non-hydrogen) atoms. The molecule has 2 aromatic carbocycles. The lowest BCUT2D eigenvalue weighted by molar-refractivity contribution is -0.0444. The Bertz CT molecular complexity index is 1630. The van der Waals surface area contributed by atoms with Gasteiger partial charge in [-0.15, -0.1) is 0 Å². The number of nitrogens with one attached hydrogen (secondary N) is 1. The summed E-state index contributed by atoms with van der Waals surface area (Å²) in [5.41, 5.74) is 1.07. The normalized spacial score (nSPS) is 27.1. The maximum absolute atomic E-state index is 13.6. The van der Waals surface area contributed by atoms with Crippen LogP contribution in [0.4, 0.5) is 5.69 Å². The van der Waals surface area contributed by atoms with E-state index >= 15 is 0 Å². The van der Waals surface area contributed by atoms with Gasteiger partial charge in [-0.2, -0.15) is 0 Å². The van der Waals surface area contributed by atoms with Crippen LogP contribution in [0.1, 0.15) is 38.5 Å². The summed E-state index contributed by atoms with van der Waals surface area (Å²) in [4.78, 5) is 17.8. The van der Waals surface area contributed by atoms with Crippen molar-refractivity contribution in [3.8, 4) is 0 Å². The lowest BCUT2D eigenvalue weighted by Crippen LogP contribution is -2.49. The summed E-state index contributed by atoms with van der Waals surface area (Å²) in [5, 5.41) is 5.54. The molecule has 0 spiro atoms. The lowest BCUT2D eigenvalue weighted by Gasteiger charge is -2.57. The van der Waals surface area contributed by atoms with Gasteiger partial charge < -0.3 is 5.32 Å². The maximum Gasteiger partial charge on any atom is 0.272 e. The van der Waals surface area contributed by atoms with E-state index in [0.29, 0.717) is 21.7 Å². The zero-order chi connectivity index (χ0) is 24.5. The largest absolute Gasteiger partial charge is 0.384 e. The fourth-order valence-corrected chi connectivity index (χ4v) is 9.20. The third kappa shape index (κ3) is 3.39. The molecular formula is C29H29N3O3S. The van der Waals surface area contributed by atoms with E-state index in [-0.39, 0.29) is 4.90 Å². The van der Waals surface area contributed by atoms with Crippen molar-refractivity contribution in [2.24, 2.45) is 23.2 Å². The van der Waals surface area contributed by atoms with Gasteiger partial charge in [0.1, 0.15) is 4.90 Å². The van der Waals surface area contributed by atoms with Crippen LogP contribution in [0.3, 0.4) is 0 Å². The number of fused-ring (bicyclic) bond motifs is 2. The summed E-state index contributed by atoms with van der Waals surface area (Å²) >= 11 is 0. The van der Waals surface area contributed by atoms with Crippen LogP contribution in [0.25, 0.3) is 21.7 Å². The van der Waals surface area contributed by atoms with Gasteiger partial charge in [0.25, 0.3) is 15.6 Å². The Morgan fingerprint density at radius 1 is 0.889 bits per heavy atom. The number of pyridine rings is 2. The van der Waals surface area contributed by atoms with E-state index in [1.54, 1.807) is 30.5 Å². The molecule has 4 aromatic rings. The van der Waals surface area contributed by atoms with Crippen LogP contribution in [-0.4, -0.2) is 23.9 Å². The number of aromatic nitrogens is 2. The summed E-state index contributed by atoms with van der Waals surface area (Å²) in [6, 6.07) is 15.9. The van der Waals surface area contributed by atoms with Crippen LogP contribution in [-0.2, 0) is 10.0 Å². The van der Waals surface area contributed by atoms with E-state index in [1.165, 1.54) is 50.8 Å². The van der Waals surface area contributed by atoms with Gasteiger partial charge in [-0.05, 0) is 92.0 Å². The zero-order valence-corrected chi connectivity index (χ0v) is 20.9. The standard InChI is InChI=1S/C29H29N3O3S/c33-28-24-6-2-7-25(31-18-29-15-19-12-20(16-29)14-21(13-19)17-29)23(24)9-11-32(28)36(34,35)26-8-1-4-22-5-3-10-30-27(22)26/h1-11,19-21,31H,12-18H2. The van der Waals surface area contributed by atoms with E-state index in [0.717, 1.165) is 39.3 Å². The number of anilines is 1. The molecule has 0 radical (unpaired) electrons. The highest BCUT2D eigenvalue weighted by Gasteiger charge is 2.50. The van der Waals surface area contributed by atoms with Crippen molar-refractivity contribution in [1.82, 2.24) is 8.96 Å². The van der Waals surface area contributed by atoms with Crippen LogP contribution in [0.2, 0.25) is 0 Å². The minimum absolute atomic E-state index is 0.0261. The van der Waals surface area contributed by atoms with Crippen LogP contribution >= 0.6 is 0 Å². The molecule has 4 bridgehead atoms. The summed E-state index contributed by atoms with van der Waals surface area (Å²) in [7, 11) is -4.12. The van der Waals surface area contributed by atoms with E-state index < -0.39 is 15.6 Å². The van der Waals surface area contributed by atoms with Crippen molar-refractivity contribution in [1.29, 1.82) is 0 Å². The molecule has 4 fully saturated rings. The Balaban J connectivity index is 1.25. The highest BCUT2D eigenvalue weighted by Crippen LogP contribution is 2.60. The van der Waals surface area contributed by atoms with Gasteiger partial charge in [0.2, 0.25) is 0 Å². The molecule has 0 amide bonds. The second-order valence-electron chi connectivity index (χ2n) is 11.3. The molecule has 0 saturated heterocycles. The number of nitrogens with zero attached hydrogens (tertiary/aromatic N) is 2. The second kappa shape index (κ2) is 7.90. The molecular weight excluding hydrogens is 470 g/mol. The molecule has 0 unspecified atom stereocenters. The molecule has 6 nitrogen and oxygen atoms in total. The fourth-order valence-electron chi connectivity index (χ4n) is 7.78. The first-order valence-electron chi connectivity index (χ1n) is 12.9. The third-order valence-electron chi connectivity index (χ3n) is 8.86. The smallest absolute Gasteiger partial charge is 0.272 e.